The van der Waals surface area contributed by atoms with Gasteiger partial charge in [-0.05, 0) is 37.0 Å². The molecule has 94 valence electrons. The van der Waals surface area contributed by atoms with Gasteiger partial charge >= 0.3 is 0 Å². The van der Waals surface area contributed by atoms with Crippen LogP contribution < -0.4 is 4.90 Å². The SMILES string of the molecule is CCC1CCN(c2ccc([C@@H](C)O)c(Br)c2)C1. The number of hydrogen-bond acceptors (Lipinski definition) is 2. The molecule has 1 aliphatic heterocycles. The van der Waals surface area contributed by atoms with E-state index in [1.807, 2.05) is 6.07 Å². The zero-order valence-corrected chi connectivity index (χ0v) is 12.1. The molecule has 1 heterocycles. The first-order valence-electron chi connectivity index (χ1n) is 6.34. The first-order valence-corrected chi connectivity index (χ1v) is 7.13. The van der Waals surface area contributed by atoms with E-state index in [1.165, 1.54) is 18.5 Å². The summed E-state index contributed by atoms with van der Waals surface area (Å²) in [5.41, 5.74) is 2.22. The van der Waals surface area contributed by atoms with Gasteiger partial charge in [0.05, 0.1) is 6.10 Å². The predicted octanol–water partition coefficient (Wildman–Crippen LogP) is 3.74. The second-order valence-electron chi connectivity index (χ2n) is 4.89. The van der Waals surface area contributed by atoms with Crippen molar-refractivity contribution in [3.05, 3.63) is 28.2 Å². The smallest absolute Gasteiger partial charge is 0.0772 e. The van der Waals surface area contributed by atoms with E-state index in [1.54, 1.807) is 6.92 Å². The lowest BCUT2D eigenvalue weighted by atomic mass is 10.1. The van der Waals surface area contributed by atoms with Gasteiger partial charge < -0.3 is 10.0 Å². The summed E-state index contributed by atoms with van der Waals surface area (Å²) in [6, 6.07) is 6.26. The van der Waals surface area contributed by atoms with Gasteiger partial charge in [0.15, 0.2) is 0 Å². The molecule has 0 saturated carbocycles. The summed E-state index contributed by atoms with van der Waals surface area (Å²) in [6.45, 7) is 6.37. The molecule has 1 N–H and O–H groups in total. The molecular formula is C14H20BrNO. The molecule has 1 aliphatic rings. The minimum absolute atomic E-state index is 0.416. The van der Waals surface area contributed by atoms with Gasteiger partial charge in [-0.1, -0.05) is 35.3 Å². The molecule has 1 aromatic carbocycles. The molecular weight excluding hydrogens is 278 g/mol. The van der Waals surface area contributed by atoms with E-state index in [0.29, 0.717) is 0 Å². The topological polar surface area (TPSA) is 23.5 Å². The highest BCUT2D eigenvalue weighted by Gasteiger charge is 2.21. The van der Waals surface area contributed by atoms with Gasteiger partial charge in [-0.25, -0.2) is 0 Å². The molecule has 1 fully saturated rings. The summed E-state index contributed by atoms with van der Waals surface area (Å²) in [5.74, 6) is 0.838. The van der Waals surface area contributed by atoms with Gasteiger partial charge in [-0.3, -0.25) is 0 Å². The molecule has 2 atom stereocenters. The Morgan fingerprint density at radius 3 is 2.82 bits per heavy atom. The van der Waals surface area contributed by atoms with Crippen LogP contribution in [0.4, 0.5) is 5.69 Å². The van der Waals surface area contributed by atoms with Crippen molar-refractivity contribution in [1.29, 1.82) is 0 Å². The quantitative estimate of drug-likeness (QED) is 0.919. The number of anilines is 1. The lowest BCUT2D eigenvalue weighted by Crippen LogP contribution is -2.19. The van der Waals surface area contributed by atoms with Gasteiger partial charge in [0.25, 0.3) is 0 Å². The van der Waals surface area contributed by atoms with Crippen LogP contribution in [0.3, 0.4) is 0 Å². The fourth-order valence-corrected chi connectivity index (χ4v) is 3.15. The zero-order valence-electron chi connectivity index (χ0n) is 10.5. The van der Waals surface area contributed by atoms with Gasteiger partial charge in [0, 0.05) is 23.2 Å². The van der Waals surface area contributed by atoms with Gasteiger partial charge in [0.2, 0.25) is 0 Å². The molecule has 0 amide bonds. The van der Waals surface area contributed by atoms with E-state index in [0.717, 1.165) is 29.0 Å². The molecule has 1 unspecified atom stereocenters. The number of rotatable bonds is 3. The van der Waals surface area contributed by atoms with Gasteiger partial charge in [0.1, 0.15) is 0 Å². The third kappa shape index (κ3) is 2.83. The number of halogens is 1. The molecule has 1 saturated heterocycles. The lowest BCUT2D eigenvalue weighted by Gasteiger charge is -2.20. The van der Waals surface area contributed by atoms with Crippen molar-refractivity contribution < 1.29 is 5.11 Å². The molecule has 0 radical (unpaired) electrons. The molecule has 1 aromatic rings. The normalized spacial score (nSPS) is 21.9. The highest BCUT2D eigenvalue weighted by molar-refractivity contribution is 9.10. The summed E-state index contributed by atoms with van der Waals surface area (Å²) in [5, 5.41) is 9.60. The minimum Gasteiger partial charge on any atom is -0.389 e. The van der Waals surface area contributed by atoms with Crippen molar-refractivity contribution in [3.63, 3.8) is 0 Å². The van der Waals surface area contributed by atoms with Crippen molar-refractivity contribution in [2.45, 2.75) is 32.8 Å². The van der Waals surface area contributed by atoms with Crippen LogP contribution in [0.5, 0.6) is 0 Å². The average Bonchev–Trinajstić information content (AvgIpc) is 2.76. The Hall–Kier alpha value is -0.540. The first kappa shape index (κ1) is 12.9. The number of hydrogen-bond donors (Lipinski definition) is 1. The molecule has 0 aromatic heterocycles. The van der Waals surface area contributed by atoms with Crippen LogP contribution in [0.1, 0.15) is 38.4 Å². The maximum atomic E-state index is 9.60. The van der Waals surface area contributed by atoms with Crippen molar-refractivity contribution in [2.75, 3.05) is 18.0 Å². The third-order valence-corrected chi connectivity index (χ3v) is 4.35. The molecule has 0 aliphatic carbocycles. The predicted molar refractivity (Wildman–Crippen MR) is 75.4 cm³/mol. The van der Waals surface area contributed by atoms with E-state index in [2.05, 4.69) is 39.9 Å². The van der Waals surface area contributed by atoms with Gasteiger partial charge in [-0.15, -0.1) is 0 Å². The van der Waals surface area contributed by atoms with Crippen LogP contribution >= 0.6 is 15.9 Å². The van der Waals surface area contributed by atoms with Crippen LogP contribution in [-0.4, -0.2) is 18.2 Å². The van der Waals surface area contributed by atoms with E-state index in [9.17, 15) is 5.11 Å². The van der Waals surface area contributed by atoms with Crippen LogP contribution in [0.15, 0.2) is 22.7 Å². The van der Waals surface area contributed by atoms with E-state index < -0.39 is 6.10 Å². The highest BCUT2D eigenvalue weighted by atomic mass is 79.9. The van der Waals surface area contributed by atoms with Crippen LogP contribution in [-0.2, 0) is 0 Å². The fraction of sp³-hybridized carbons (Fsp3) is 0.571. The zero-order chi connectivity index (χ0) is 12.4. The Morgan fingerprint density at radius 1 is 1.53 bits per heavy atom. The monoisotopic (exact) mass is 297 g/mol. The number of aliphatic hydroxyl groups is 1. The maximum absolute atomic E-state index is 9.60. The van der Waals surface area contributed by atoms with Crippen molar-refractivity contribution >= 4 is 21.6 Å². The molecule has 2 nitrogen and oxygen atoms in total. The summed E-state index contributed by atoms with van der Waals surface area (Å²) in [6.07, 6.45) is 2.15. The molecule has 17 heavy (non-hydrogen) atoms. The van der Waals surface area contributed by atoms with E-state index in [-0.39, 0.29) is 0 Å². The van der Waals surface area contributed by atoms with Crippen LogP contribution in [0.2, 0.25) is 0 Å². The second kappa shape index (κ2) is 5.40. The Morgan fingerprint density at radius 2 is 2.29 bits per heavy atom. The molecule has 0 bridgehead atoms. The Bertz CT molecular complexity index is 392. The maximum Gasteiger partial charge on any atom is 0.0772 e. The summed E-state index contributed by atoms with van der Waals surface area (Å²) >= 11 is 3.54. The number of nitrogens with zero attached hydrogens (tertiary/aromatic N) is 1. The lowest BCUT2D eigenvalue weighted by molar-refractivity contribution is 0.198. The fourth-order valence-electron chi connectivity index (χ4n) is 2.45. The molecule has 0 spiro atoms. The Kier molecular flexibility index (Phi) is 4.10. The van der Waals surface area contributed by atoms with Crippen LogP contribution in [0.25, 0.3) is 0 Å². The van der Waals surface area contributed by atoms with Crippen molar-refractivity contribution in [3.8, 4) is 0 Å². The number of benzene rings is 1. The standard InChI is InChI=1S/C14H20BrNO/c1-3-11-6-7-16(9-11)12-4-5-13(10(2)17)14(15)8-12/h4-5,8,10-11,17H,3,6-7,9H2,1-2H3/t10-,11?/m1/s1. The van der Waals surface area contributed by atoms with E-state index in [4.69, 9.17) is 0 Å². The first-order chi connectivity index (χ1) is 8.11. The molecule has 2 rings (SSSR count). The summed E-state index contributed by atoms with van der Waals surface area (Å²) in [7, 11) is 0. The summed E-state index contributed by atoms with van der Waals surface area (Å²) in [4.78, 5) is 2.44. The second-order valence-corrected chi connectivity index (χ2v) is 5.75. The van der Waals surface area contributed by atoms with E-state index >= 15 is 0 Å². The van der Waals surface area contributed by atoms with Crippen molar-refractivity contribution in [1.82, 2.24) is 0 Å². The number of aliphatic hydroxyl groups excluding tert-OH is 1. The third-order valence-electron chi connectivity index (χ3n) is 3.66. The Labute approximate surface area is 112 Å². The van der Waals surface area contributed by atoms with Crippen LogP contribution in [0, 0.1) is 5.92 Å². The minimum atomic E-state index is -0.416. The highest BCUT2D eigenvalue weighted by Crippen LogP contribution is 2.31. The summed E-state index contributed by atoms with van der Waals surface area (Å²) < 4.78 is 1.00. The molecule has 3 heteroatoms. The largest absolute Gasteiger partial charge is 0.389 e. The average molecular weight is 298 g/mol. The van der Waals surface area contributed by atoms with Crippen molar-refractivity contribution in [2.24, 2.45) is 5.92 Å². The Balaban J connectivity index is 2.15. The van der Waals surface area contributed by atoms with Gasteiger partial charge in [-0.2, -0.15) is 0 Å².